The van der Waals surface area contributed by atoms with E-state index in [1.54, 1.807) is 0 Å². The number of hydrogen-bond acceptors (Lipinski definition) is 2. The molecule has 25 heavy (non-hydrogen) atoms. The molecule has 2 aromatic rings. The summed E-state index contributed by atoms with van der Waals surface area (Å²) in [4.78, 5) is 4.42. The minimum Gasteiger partial charge on any atom is -0.371 e. The smallest absolute Gasteiger partial charge is 0.193 e. The topological polar surface area (TPSA) is 59.6 Å². The van der Waals surface area contributed by atoms with Crippen molar-refractivity contribution in [2.24, 2.45) is 10.7 Å². The molecule has 0 atom stereocenters. The van der Waals surface area contributed by atoms with E-state index in [0.29, 0.717) is 19.1 Å². The summed E-state index contributed by atoms with van der Waals surface area (Å²) in [5, 5.41) is 3.13. The summed E-state index contributed by atoms with van der Waals surface area (Å²) in [5.74, 6) is 0.417. The normalized spacial score (nSPS) is 12.2. The third-order valence-corrected chi connectivity index (χ3v) is 3.73. The zero-order valence-electron chi connectivity index (χ0n) is 15.7. The van der Waals surface area contributed by atoms with Gasteiger partial charge in [0.1, 0.15) is 0 Å². The van der Waals surface area contributed by atoms with Crippen molar-refractivity contribution in [2.75, 3.05) is 5.32 Å². The Labute approximate surface area is 151 Å². The molecule has 0 radical (unpaired) electrons. The standard InChI is InChI=1S/C21H29N3O/c1-5-16-9-11-19(12-10-16)24-20(22)23-14-17-7-6-8-18(13-17)15-25-21(2,3)4/h6-13H,5,14-15H2,1-4H3,(H3,22,23,24). The number of nitrogens with two attached hydrogens (primary N) is 1. The van der Waals surface area contributed by atoms with E-state index in [9.17, 15) is 0 Å². The molecule has 2 rings (SSSR count). The Morgan fingerprint density at radius 2 is 1.72 bits per heavy atom. The molecule has 0 fully saturated rings. The van der Waals surface area contributed by atoms with Gasteiger partial charge in [-0.3, -0.25) is 0 Å². The van der Waals surface area contributed by atoms with E-state index in [4.69, 9.17) is 10.5 Å². The first-order valence-electron chi connectivity index (χ1n) is 8.73. The molecule has 4 heteroatoms. The predicted octanol–water partition coefficient (Wildman–Crippen LogP) is 4.49. The van der Waals surface area contributed by atoms with Crippen LogP contribution in [0, 0.1) is 0 Å². The fraction of sp³-hybridized carbons (Fsp3) is 0.381. The van der Waals surface area contributed by atoms with Crippen molar-refractivity contribution in [3.63, 3.8) is 0 Å². The van der Waals surface area contributed by atoms with E-state index < -0.39 is 0 Å². The Kier molecular flexibility index (Phi) is 6.59. The van der Waals surface area contributed by atoms with Gasteiger partial charge in [0.25, 0.3) is 0 Å². The lowest BCUT2D eigenvalue weighted by Gasteiger charge is -2.19. The Morgan fingerprint density at radius 1 is 1.04 bits per heavy atom. The molecule has 0 spiro atoms. The molecule has 4 nitrogen and oxygen atoms in total. The summed E-state index contributed by atoms with van der Waals surface area (Å²) in [6.07, 6.45) is 1.03. The monoisotopic (exact) mass is 339 g/mol. The quantitative estimate of drug-likeness (QED) is 0.602. The highest BCUT2D eigenvalue weighted by atomic mass is 16.5. The van der Waals surface area contributed by atoms with Crippen LogP contribution >= 0.6 is 0 Å². The lowest BCUT2D eigenvalue weighted by Crippen LogP contribution is -2.22. The largest absolute Gasteiger partial charge is 0.371 e. The highest BCUT2D eigenvalue weighted by Gasteiger charge is 2.10. The molecule has 134 valence electrons. The average Bonchev–Trinajstić information content (AvgIpc) is 2.59. The number of guanidine groups is 1. The number of anilines is 1. The molecule has 0 saturated carbocycles. The van der Waals surface area contributed by atoms with E-state index in [1.807, 2.05) is 24.3 Å². The summed E-state index contributed by atoms with van der Waals surface area (Å²) >= 11 is 0. The Balaban J connectivity index is 1.93. The van der Waals surface area contributed by atoms with Gasteiger partial charge in [-0.25, -0.2) is 4.99 Å². The van der Waals surface area contributed by atoms with E-state index in [2.05, 4.69) is 62.3 Å². The lowest BCUT2D eigenvalue weighted by atomic mass is 10.1. The number of rotatable bonds is 6. The minimum atomic E-state index is -0.143. The third kappa shape index (κ3) is 6.98. The number of benzene rings is 2. The zero-order chi connectivity index (χ0) is 18.3. The van der Waals surface area contributed by atoms with Gasteiger partial charge < -0.3 is 15.8 Å². The van der Waals surface area contributed by atoms with Crippen molar-refractivity contribution in [3.05, 3.63) is 65.2 Å². The Bertz CT molecular complexity index is 700. The van der Waals surface area contributed by atoms with E-state index in [1.165, 1.54) is 5.56 Å². The fourth-order valence-electron chi connectivity index (χ4n) is 2.31. The molecular weight excluding hydrogens is 310 g/mol. The van der Waals surface area contributed by atoms with Crippen molar-refractivity contribution < 1.29 is 4.74 Å². The second kappa shape index (κ2) is 8.67. The maximum Gasteiger partial charge on any atom is 0.193 e. The van der Waals surface area contributed by atoms with Gasteiger partial charge in [-0.1, -0.05) is 43.3 Å². The first-order valence-corrected chi connectivity index (χ1v) is 8.73. The number of aryl methyl sites for hydroxylation is 1. The molecule has 2 aromatic carbocycles. The van der Waals surface area contributed by atoms with Crippen LogP contribution in [0.2, 0.25) is 0 Å². The lowest BCUT2D eigenvalue weighted by molar-refractivity contribution is -0.0149. The summed E-state index contributed by atoms with van der Waals surface area (Å²) in [7, 11) is 0. The van der Waals surface area contributed by atoms with E-state index in [-0.39, 0.29) is 5.60 Å². The van der Waals surface area contributed by atoms with Crippen LogP contribution in [0.5, 0.6) is 0 Å². The van der Waals surface area contributed by atoms with E-state index >= 15 is 0 Å². The van der Waals surface area contributed by atoms with Crippen molar-refractivity contribution in [1.82, 2.24) is 0 Å². The van der Waals surface area contributed by atoms with Crippen molar-refractivity contribution in [1.29, 1.82) is 0 Å². The molecular formula is C21H29N3O. The molecule has 0 heterocycles. The maximum atomic E-state index is 5.99. The van der Waals surface area contributed by atoms with Crippen LogP contribution < -0.4 is 11.1 Å². The molecule has 0 unspecified atom stereocenters. The number of ether oxygens (including phenoxy) is 1. The molecule has 0 saturated heterocycles. The van der Waals surface area contributed by atoms with Gasteiger partial charge in [-0.15, -0.1) is 0 Å². The summed E-state index contributed by atoms with van der Waals surface area (Å²) in [5.41, 5.74) is 10.4. The first-order chi connectivity index (χ1) is 11.9. The maximum absolute atomic E-state index is 5.99. The fourth-order valence-corrected chi connectivity index (χ4v) is 2.31. The zero-order valence-corrected chi connectivity index (χ0v) is 15.7. The van der Waals surface area contributed by atoms with Gasteiger partial charge >= 0.3 is 0 Å². The minimum absolute atomic E-state index is 0.143. The summed E-state index contributed by atoms with van der Waals surface area (Å²) in [6.45, 7) is 9.44. The summed E-state index contributed by atoms with van der Waals surface area (Å²) in [6, 6.07) is 16.5. The number of hydrogen-bond donors (Lipinski definition) is 2. The molecule has 0 aromatic heterocycles. The van der Waals surface area contributed by atoms with Crippen LogP contribution in [-0.2, 0) is 24.3 Å². The molecule has 0 bridgehead atoms. The van der Waals surface area contributed by atoms with E-state index in [0.717, 1.165) is 23.2 Å². The van der Waals surface area contributed by atoms with Gasteiger partial charge in [0.15, 0.2) is 5.96 Å². The Morgan fingerprint density at radius 3 is 2.36 bits per heavy atom. The van der Waals surface area contributed by atoms with Gasteiger partial charge in [-0.05, 0) is 56.0 Å². The van der Waals surface area contributed by atoms with Gasteiger partial charge in [0.2, 0.25) is 0 Å². The first kappa shape index (κ1) is 19.0. The summed E-state index contributed by atoms with van der Waals surface area (Å²) < 4.78 is 5.82. The molecule has 0 aliphatic rings. The van der Waals surface area contributed by atoms with Crippen LogP contribution in [0.3, 0.4) is 0 Å². The second-order valence-electron chi connectivity index (χ2n) is 7.10. The third-order valence-electron chi connectivity index (χ3n) is 3.73. The molecule has 0 aliphatic heterocycles. The average molecular weight is 339 g/mol. The second-order valence-corrected chi connectivity index (χ2v) is 7.10. The molecule has 3 N–H and O–H groups in total. The van der Waals surface area contributed by atoms with Crippen molar-refractivity contribution in [3.8, 4) is 0 Å². The number of nitrogens with zero attached hydrogens (tertiary/aromatic N) is 1. The van der Waals surface area contributed by atoms with Crippen LogP contribution in [0.15, 0.2) is 53.5 Å². The molecule has 0 aliphatic carbocycles. The SMILES string of the molecule is CCc1ccc(NC(N)=NCc2cccc(COC(C)(C)C)c2)cc1. The van der Waals surface area contributed by atoms with Crippen LogP contribution in [0.4, 0.5) is 5.69 Å². The van der Waals surface area contributed by atoms with Gasteiger partial charge in [-0.2, -0.15) is 0 Å². The van der Waals surface area contributed by atoms with Gasteiger partial charge in [0, 0.05) is 5.69 Å². The van der Waals surface area contributed by atoms with Gasteiger partial charge in [0.05, 0.1) is 18.8 Å². The molecule has 0 amide bonds. The number of aliphatic imine (C=N–C) groups is 1. The Hall–Kier alpha value is -2.33. The number of nitrogens with one attached hydrogen (secondary N) is 1. The van der Waals surface area contributed by atoms with Crippen molar-refractivity contribution in [2.45, 2.75) is 52.9 Å². The van der Waals surface area contributed by atoms with Crippen LogP contribution in [0.1, 0.15) is 44.4 Å². The van der Waals surface area contributed by atoms with Crippen LogP contribution in [0.25, 0.3) is 0 Å². The highest BCUT2D eigenvalue weighted by Crippen LogP contribution is 2.14. The predicted molar refractivity (Wildman–Crippen MR) is 106 cm³/mol. The van der Waals surface area contributed by atoms with Crippen LogP contribution in [-0.4, -0.2) is 11.6 Å². The highest BCUT2D eigenvalue weighted by molar-refractivity contribution is 5.92. The van der Waals surface area contributed by atoms with Crippen molar-refractivity contribution >= 4 is 11.6 Å².